The van der Waals surface area contributed by atoms with Crippen molar-refractivity contribution in [2.75, 3.05) is 6.61 Å². The third kappa shape index (κ3) is 7.78. The highest BCUT2D eigenvalue weighted by atomic mass is 16.6. The van der Waals surface area contributed by atoms with E-state index in [1.54, 1.807) is 0 Å². The van der Waals surface area contributed by atoms with E-state index in [1.165, 1.54) is 0 Å². The molecule has 1 atom stereocenters. The fourth-order valence-electron chi connectivity index (χ4n) is 1.84. The van der Waals surface area contributed by atoms with Crippen LogP contribution in [0.3, 0.4) is 0 Å². The maximum absolute atomic E-state index is 11.6. The van der Waals surface area contributed by atoms with Gasteiger partial charge in [-0.2, -0.15) is 0 Å². The van der Waals surface area contributed by atoms with Crippen molar-refractivity contribution in [1.29, 1.82) is 0 Å². The van der Waals surface area contributed by atoms with Crippen LogP contribution in [0.2, 0.25) is 0 Å². The van der Waals surface area contributed by atoms with Gasteiger partial charge in [0.2, 0.25) is 0 Å². The number of hydrogen-bond acceptors (Lipinski definition) is 5. The maximum Gasteiger partial charge on any atom is 0.335 e. The summed E-state index contributed by atoms with van der Waals surface area (Å²) in [4.78, 5) is 23.1. The molecule has 122 valence electrons. The standard InChI is InChI=1S/C17H24O5/c1-2-3-4-8-11-21-17(20)15(18)12-16(19)22-13-14-9-6-5-7-10-14/h5-7,9-10,15,18H,2-4,8,11-13H2,1H3/t15-/m0/s1. The van der Waals surface area contributed by atoms with Gasteiger partial charge in [-0.25, -0.2) is 4.79 Å². The van der Waals surface area contributed by atoms with Crippen molar-refractivity contribution < 1.29 is 24.2 Å². The lowest BCUT2D eigenvalue weighted by Crippen LogP contribution is -2.27. The normalized spacial score (nSPS) is 11.7. The number of hydrogen-bond donors (Lipinski definition) is 1. The second-order valence-corrected chi connectivity index (χ2v) is 5.09. The first-order valence-electron chi connectivity index (χ1n) is 7.67. The molecule has 0 aliphatic rings. The van der Waals surface area contributed by atoms with Gasteiger partial charge < -0.3 is 14.6 Å². The molecule has 1 N–H and O–H groups in total. The molecule has 0 heterocycles. The van der Waals surface area contributed by atoms with Crippen LogP contribution in [0.4, 0.5) is 0 Å². The fourth-order valence-corrected chi connectivity index (χ4v) is 1.84. The van der Waals surface area contributed by atoms with Gasteiger partial charge in [0.05, 0.1) is 13.0 Å². The average Bonchev–Trinajstić information content (AvgIpc) is 2.53. The third-order valence-electron chi connectivity index (χ3n) is 3.12. The highest BCUT2D eigenvalue weighted by Crippen LogP contribution is 2.05. The minimum absolute atomic E-state index is 0.123. The molecule has 1 aromatic carbocycles. The Balaban J connectivity index is 2.18. The van der Waals surface area contributed by atoms with Gasteiger partial charge in [0.1, 0.15) is 6.61 Å². The van der Waals surface area contributed by atoms with Gasteiger partial charge in [0.15, 0.2) is 6.10 Å². The van der Waals surface area contributed by atoms with E-state index in [1.807, 2.05) is 30.3 Å². The molecule has 0 radical (unpaired) electrons. The molecule has 1 rings (SSSR count). The number of esters is 2. The predicted molar refractivity (Wildman–Crippen MR) is 82.0 cm³/mol. The van der Waals surface area contributed by atoms with Crippen LogP contribution in [0.1, 0.15) is 44.6 Å². The molecule has 22 heavy (non-hydrogen) atoms. The van der Waals surface area contributed by atoms with Crippen LogP contribution in [0, 0.1) is 0 Å². The Bertz CT molecular complexity index is 444. The molecule has 0 amide bonds. The Morgan fingerprint density at radius 2 is 1.82 bits per heavy atom. The molecular formula is C17H24O5. The number of rotatable bonds is 10. The zero-order valence-corrected chi connectivity index (χ0v) is 13.0. The molecule has 0 bridgehead atoms. The molecule has 0 aromatic heterocycles. The van der Waals surface area contributed by atoms with Gasteiger partial charge in [0, 0.05) is 0 Å². The van der Waals surface area contributed by atoms with E-state index in [0.717, 1.165) is 31.2 Å². The summed E-state index contributed by atoms with van der Waals surface area (Å²) < 4.78 is 9.92. The van der Waals surface area contributed by atoms with Crippen LogP contribution in [-0.2, 0) is 25.7 Å². The first kappa shape index (κ1) is 18.2. The molecule has 1 aromatic rings. The number of aliphatic hydroxyl groups is 1. The second-order valence-electron chi connectivity index (χ2n) is 5.09. The molecule has 0 saturated carbocycles. The summed E-state index contributed by atoms with van der Waals surface area (Å²) in [7, 11) is 0. The van der Waals surface area contributed by atoms with Gasteiger partial charge in [0.25, 0.3) is 0 Å². The lowest BCUT2D eigenvalue weighted by atomic mass is 10.2. The first-order chi connectivity index (χ1) is 10.6. The van der Waals surface area contributed by atoms with Crippen LogP contribution in [0.5, 0.6) is 0 Å². The van der Waals surface area contributed by atoms with Gasteiger partial charge in [-0.15, -0.1) is 0 Å². The summed E-state index contributed by atoms with van der Waals surface area (Å²) in [6.45, 7) is 2.49. The van der Waals surface area contributed by atoms with E-state index in [9.17, 15) is 14.7 Å². The van der Waals surface area contributed by atoms with Crippen molar-refractivity contribution in [3.05, 3.63) is 35.9 Å². The molecule has 0 aliphatic carbocycles. The summed E-state index contributed by atoms with van der Waals surface area (Å²) in [6, 6.07) is 9.20. The average molecular weight is 308 g/mol. The van der Waals surface area contributed by atoms with Crippen molar-refractivity contribution in [3.8, 4) is 0 Å². The zero-order valence-electron chi connectivity index (χ0n) is 13.0. The molecule has 5 heteroatoms. The Kier molecular flexibility index (Phi) is 8.91. The number of carbonyl (C=O) groups excluding carboxylic acids is 2. The van der Waals surface area contributed by atoms with Crippen molar-refractivity contribution in [1.82, 2.24) is 0 Å². The van der Waals surface area contributed by atoms with Crippen LogP contribution in [0.25, 0.3) is 0 Å². The number of ether oxygens (including phenoxy) is 2. The summed E-state index contributed by atoms with van der Waals surface area (Å²) >= 11 is 0. The van der Waals surface area contributed by atoms with Gasteiger partial charge >= 0.3 is 11.9 Å². The molecule has 0 saturated heterocycles. The van der Waals surface area contributed by atoms with E-state index in [2.05, 4.69) is 6.92 Å². The minimum atomic E-state index is -1.46. The number of carbonyl (C=O) groups is 2. The van der Waals surface area contributed by atoms with E-state index < -0.39 is 18.0 Å². The number of benzene rings is 1. The SMILES string of the molecule is CCCCCCOC(=O)[C@@H](O)CC(=O)OCc1ccccc1. The summed E-state index contributed by atoms with van der Waals surface area (Å²) in [5, 5.41) is 9.61. The van der Waals surface area contributed by atoms with Gasteiger partial charge in [-0.1, -0.05) is 56.5 Å². The third-order valence-corrected chi connectivity index (χ3v) is 3.12. The first-order valence-corrected chi connectivity index (χ1v) is 7.67. The van der Waals surface area contributed by atoms with E-state index >= 15 is 0 Å². The molecule has 5 nitrogen and oxygen atoms in total. The lowest BCUT2D eigenvalue weighted by Gasteiger charge is -2.10. The smallest absolute Gasteiger partial charge is 0.335 e. The maximum atomic E-state index is 11.6. The topological polar surface area (TPSA) is 72.8 Å². The molecule has 0 aliphatic heterocycles. The fraction of sp³-hybridized carbons (Fsp3) is 0.529. The lowest BCUT2D eigenvalue weighted by molar-refractivity contribution is -0.160. The quantitative estimate of drug-likeness (QED) is 0.531. The molecule has 0 spiro atoms. The van der Waals surface area contributed by atoms with E-state index in [-0.39, 0.29) is 19.6 Å². The summed E-state index contributed by atoms with van der Waals surface area (Å²) in [5.74, 6) is -1.40. The minimum Gasteiger partial charge on any atom is -0.464 e. The van der Waals surface area contributed by atoms with Crippen molar-refractivity contribution in [2.24, 2.45) is 0 Å². The molecular weight excluding hydrogens is 284 g/mol. The second kappa shape index (κ2) is 10.8. The Hall–Kier alpha value is -1.88. The van der Waals surface area contributed by atoms with Gasteiger partial charge in [-0.05, 0) is 12.0 Å². The Morgan fingerprint density at radius 1 is 1.09 bits per heavy atom. The van der Waals surface area contributed by atoms with Gasteiger partial charge in [-0.3, -0.25) is 4.79 Å². The van der Waals surface area contributed by atoms with E-state index in [4.69, 9.17) is 9.47 Å². The van der Waals surface area contributed by atoms with Crippen LogP contribution in [0.15, 0.2) is 30.3 Å². The Morgan fingerprint density at radius 3 is 2.50 bits per heavy atom. The largest absolute Gasteiger partial charge is 0.464 e. The van der Waals surface area contributed by atoms with Crippen molar-refractivity contribution in [3.63, 3.8) is 0 Å². The zero-order chi connectivity index (χ0) is 16.2. The van der Waals surface area contributed by atoms with Crippen molar-refractivity contribution in [2.45, 2.75) is 51.7 Å². The van der Waals surface area contributed by atoms with Crippen LogP contribution in [-0.4, -0.2) is 29.8 Å². The predicted octanol–water partition coefficient (Wildman–Crippen LogP) is 2.60. The monoisotopic (exact) mass is 308 g/mol. The summed E-state index contributed by atoms with van der Waals surface area (Å²) in [5.41, 5.74) is 0.851. The van der Waals surface area contributed by atoms with Crippen molar-refractivity contribution >= 4 is 11.9 Å². The van der Waals surface area contributed by atoms with Crippen LogP contribution >= 0.6 is 0 Å². The highest BCUT2D eigenvalue weighted by molar-refractivity contribution is 5.81. The summed E-state index contributed by atoms with van der Waals surface area (Å²) in [6.07, 6.45) is 2.09. The molecule has 0 unspecified atom stereocenters. The molecule has 0 fully saturated rings. The van der Waals surface area contributed by atoms with Crippen LogP contribution < -0.4 is 0 Å². The van der Waals surface area contributed by atoms with E-state index in [0.29, 0.717) is 0 Å². The number of aliphatic hydroxyl groups excluding tert-OH is 1. The highest BCUT2D eigenvalue weighted by Gasteiger charge is 2.21. The Labute approximate surface area is 131 Å². The number of unbranched alkanes of at least 4 members (excludes halogenated alkanes) is 3.